The first-order chi connectivity index (χ1) is 9.00. The topological polar surface area (TPSA) is 51.2 Å². The Balaban J connectivity index is 1.88. The molecule has 1 saturated carbocycles. The van der Waals surface area contributed by atoms with Gasteiger partial charge in [-0.3, -0.25) is 11.3 Å². The van der Waals surface area contributed by atoms with Gasteiger partial charge < -0.3 is 4.42 Å². The number of furan rings is 1. The zero-order valence-electron chi connectivity index (χ0n) is 10.6. The average Bonchev–Trinajstić information content (AvgIpc) is 2.88. The average molecular weight is 276 g/mol. The third-order valence-corrected chi connectivity index (χ3v) is 4.05. The van der Waals surface area contributed by atoms with E-state index in [-0.39, 0.29) is 24.8 Å². The van der Waals surface area contributed by atoms with E-state index in [9.17, 15) is 13.2 Å². The van der Waals surface area contributed by atoms with Crippen molar-refractivity contribution in [3.05, 3.63) is 24.2 Å². The van der Waals surface area contributed by atoms with Crippen LogP contribution in [0, 0.1) is 11.8 Å². The highest BCUT2D eigenvalue weighted by Crippen LogP contribution is 2.40. The summed E-state index contributed by atoms with van der Waals surface area (Å²) >= 11 is 0. The Hall–Kier alpha value is -1.01. The fraction of sp³-hybridized carbons (Fsp3) is 0.692. The Morgan fingerprint density at radius 2 is 2.00 bits per heavy atom. The molecule has 19 heavy (non-hydrogen) atoms. The maximum atomic E-state index is 12.6. The molecule has 0 bridgehead atoms. The molecule has 108 valence electrons. The fourth-order valence-electron chi connectivity index (χ4n) is 2.87. The monoisotopic (exact) mass is 276 g/mol. The molecule has 1 fully saturated rings. The third kappa shape index (κ3) is 3.73. The SMILES string of the molecule is NNC(Cc1ccoc1)C1CCC(C(F)(F)F)CC1. The predicted octanol–water partition coefficient (Wildman–Crippen LogP) is 3.02. The maximum Gasteiger partial charge on any atom is 0.391 e. The van der Waals surface area contributed by atoms with Crippen molar-refractivity contribution in [1.29, 1.82) is 0 Å². The Bertz CT molecular complexity index is 370. The third-order valence-electron chi connectivity index (χ3n) is 4.05. The van der Waals surface area contributed by atoms with Gasteiger partial charge in [-0.25, -0.2) is 0 Å². The highest BCUT2D eigenvalue weighted by atomic mass is 19.4. The van der Waals surface area contributed by atoms with E-state index in [1.807, 2.05) is 6.07 Å². The molecule has 0 spiro atoms. The lowest BCUT2D eigenvalue weighted by Gasteiger charge is -2.34. The quantitative estimate of drug-likeness (QED) is 0.656. The standard InChI is InChI=1S/C13H19F3N2O/c14-13(15,16)11-3-1-10(2-4-11)12(18-17)7-9-5-6-19-8-9/h5-6,8,10-12,18H,1-4,7,17H2. The van der Waals surface area contributed by atoms with Crippen LogP contribution in [-0.2, 0) is 6.42 Å². The number of halogens is 3. The van der Waals surface area contributed by atoms with Crippen LogP contribution in [0.25, 0.3) is 0 Å². The molecule has 3 N–H and O–H groups in total. The number of rotatable bonds is 4. The molecule has 1 aliphatic rings. The van der Waals surface area contributed by atoms with E-state index in [1.54, 1.807) is 12.5 Å². The molecule has 1 heterocycles. The van der Waals surface area contributed by atoms with Crippen molar-refractivity contribution in [3.8, 4) is 0 Å². The van der Waals surface area contributed by atoms with Crippen molar-refractivity contribution in [1.82, 2.24) is 5.43 Å². The second-order valence-corrected chi connectivity index (χ2v) is 5.26. The summed E-state index contributed by atoms with van der Waals surface area (Å²) in [7, 11) is 0. The van der Waals surface area contributed by atoms with Crippen molar-refractivity contribution < 1.29 is 17.6 Å². The number of nitrogens with one attached hydrogen (secondary N) is 1. The van der Waals surface area contributed by atoms with Gasteiger partial charge >= 0.3 is 6.18 Å². The zero-order valence-corrected chi connectivity index (χ0v) is 10.6. The molecular weight excluding hydrogens is 257 g/mol. The van der Waals surface area contributed by atoms with Gasteiger partial charge in [0, 0.05) is 6.04 Å². The molecule has 0 saturated heterocycles. The first-order valence-corrected chi connectivity index (χ1v) is 6.54. The van der Waals surface area contributed by atoms with Crippen LogP contribution in [0.2, 0.25) is 0 Å². The smallest absolute Gasteiger partial charge is 0.391 e. The summed E-state index contributed by atoms with van der Waals surface area (Å²) in [6.45, 7) is 0. The van der Waals surface area contributed by atoms with Crippen LogP contribution in [0.5, 0.6) is 0 Å². The molecule has 6 heteroatoms. The molecule has 1 aromatic rings. The molecule has 1 atom stereocenters. The van der Waals surface area contributed by atoms with E-state index in [2.05, 4.69) is 5.43 Å². The summed E-state index contributed by atoms with van der Waals surface area (Å²) in [5, 5.41) is 0. The van der Waals surface area contributed by atoms with Gasteiger partial charge in [-0.05, 0) is 49.7 Å². The molecule has 0 aromatic carbocycles. The number of nitrogens with two attached hydrogens (primary N) is 1. The van der Waals surface area contributed by atoms with Crippen LogP contribution < -0.4 is 11.3 Å². The number of hydrogen-bond donors (Lipinski definition) is 2. The largest absolute Gasteiger partial charge is 0.472 e. The van der Waals surface area contributed by atoms with E-state index in [0.29, 0.717) is 19.3 Å². The van der Waals surface area contributed by atoms with Crippen LogP contribution in [0.4, 0.5) is 13.2 Å². The van der Waals surface area contributed by atoms with Gasteiger partial charge in [-0.15, -0.1) is 0 Å². The van der Waals surface area contributed by atoms with E-state index >= 15 is 0 Å². The fourth-order valence-corrected chi connectivity index (χ4v) is 2.87. The Morgan fingerprint density at radius 1 is 1.32 bits per heavy atom. The predicted molar refractivity (Wildman–Crippen MR) is 65.0 cm³/mol. The lowest BCUT2D eigenvalue weighted by molar-refractivity contribution is -0.184. The van der Waals surface area contributed by atoms with Crippen molar-refractivity contribution in [2.45, 2.75) is 44.3 Å². The molecular formula is C13H19F3N2O. The second-order valence-electron chi connectivity index (χ2n) is 5.26. The summed E-state index contributed by atoms with van der Waals surface area (Å²) in [6, 6.07) is 1.86. The van der Waals surface area contributed by atoms with Crippen LogP contribution in [0.3, 0.4) is 0 Å². The lowest BCUT2D eigenvalue weighted by atomic mass is 9.77. The van der Waals surface area contributed by atoms with Gasteiger partial charge in [0.05, 0.1) is 18.4 Å². The van der Waals surface area contributed by atoms with Crippen molar-refractivity contribution >= 4 is 0 Å². The molecule has 0 radical (unpaired) electrons. The number of hydrazine groups is 1. The Labute approximate surface area is 110 Å². The summed E-state index contributed by atoms with van der Waals surface area (Å²) < 4.78 is 42.8. The molecule has 1 aliphatic carbocycles. The van der Waals surface area contributed by atoms with Gasteiger partial charge in [0.25, 0.3) is 0 Å². The first kappa shape index (κ1) is 14.4. The van der Waals surface area contributed by atoms with E-state index in [4.69, 9.17) is 10.3 Å². The second kappa shape index (κ2) is 5.96. The van der Waals surface area contributed by atoms with Crippen LogP contribution >= 0.6 is 0 Å². The van der Waals surface area contributed by atoms with E-state index in [0.717, 1.165) is 5.56 Å². The minimum absolute atomic E-state index is 0.00628. The number of alkyl halides is 3. The molecule has 1 unspecified atom stereocenters. The zero-order chi connectivity index (χ0) is 13.9. The number of hydrogen-bond acceptors (Lipinski definition) is 3. The first-order valence-electron chi connectivity index (χ1n) is 6.54. The van der Waals surface area contributed by atoms with E-state index in [1.165, 1.54) is 0 Å². The summed E-state index contributed by atoms with van der Waals surface area (Å²) in [4.78, 5) is 0. The summed E-state index contributed by atoms with van der Waals surface area (Å²) in [6.07, 6.45) is 1.41. The maximum absolute atomic E-state index is 12.6. The molecule has 0 aliphatic heterocycles. The highest BCUT2D eigenvalue weighted by Gasteiger charge is 2.42. The lowest BCUT2D eigenvalue weighted by Crippen LogP contribution is -2.44. The van der Waals surface area contributed by atoms with Gasteiger partial charge in [-0.1, -0.05) is 0 Å². The van der Waals surface area contributed by atoms with E-state index < -0.39 is 12.1 Å². The van der Waals surface area contributed by atoms with Crippen LogP contribution in [-0.4, -0.2) is 12.2 Å². The summed E-state index contributed by atoms with van der Waals surface area (Å²) in [5.74, 6) is 4.59. The molecule has 3 nitrogen and oxygen atoms in total. The molecule has 0 amide bonds. The minimum atomic E-state index is -4.05. The van der Waals surface area contributed by atoms with Crippen LogP contribution in [0.1, 0.15) is 31.2 Å². The molecule has 2 rings (SSSR count). The Kier molecular flexibility index (Phi) is 4.52. The van der Waals surface area contributed by atoms with Gasteiger partial charge in [0.1, 0.15) is 0 Å². The van der Waals surface area contributed by atoms with Crippen LogP contribution in [0.15, 0.2) is 23.0 Å². The van der Waals surface area contributed by atoms with Crippen molar-refractivity contribution in [2.75, 3.05) is 0 Å². The van der Waals surface area contributed by atoms with Gasteiger partial charge in [0.2, 0.25) is 0 Å². The Morgan fingerprint density at radius 3 is 2.47 bits per heavy atom. The van der Waals surface area contributed by atoms with Crippen molar-refractivity contribution in [3.63, 3.8) is 0 Å². The normalized spacial score (nSPS) is 26.3. The van der Waals surface area contributed by atoms with Gasteiger partial charge in [-0.2, -0.15) is 13.2 Å². The highest BCUT2D eigenvalue weighted by molar-refractivity contribution is 5.08. The summed E-state index contributed by atoms with van der Waals surface area (Å²) in [5.41, 5.74) is 3.76. The van der Waals surface area contributed by atoms with Gasteiger partial charge in [0.15, 0.2) is 0 Å². The minimum Gasteiger partial charge on any atom is -0.472 e. The molecule has 1 aromatic heterocycles. The van der Waals surface area contributed by atoms with Crippen molar-refractivity contribution in [2.24, 2.45) is 17.7 Å².